The van der Waals surface area contributed by atoms with Crippen LogP contribution in [0.25, 0.3) is 0 Å². The number of fused-ring (bicyclic) bond motifs is 1. The number of carbonyl (C=O) groups excluding carboxylic acids is 2. The second-order valence-electron chi connectivity index (χ2n) is 7.17. The van der Waals surface area contributed by atoms with E-state index >= 15 is 0 Å². The third-order valence-electron chi connectivity index (χ3n) is 5.03. The molecule has 2 aromatic carbocycles. The number of anilines is 1. The molecule has 0 saturated carbocycles. The maximum absolute atomic E-state index is 13.3. The van der Waals surface area contributed by atoms with Crippen LogP contribution in [0.4, 0.5) is 11.4 Å². The first-order chi connectivity index (χ1) is 14.5. The summed E-state index contributed by atoms with van der Waals surface area (Å²) in [5.41, 5.74) is 2.50. The fraction of sp³-hybridized carbons (Fsp3) is 0.261. The van der Waals surface area contributed by atoms with E-state index in [-0.39, 0.29) is 11.7 Å². The van der Waals surface area contributed by atoms with Crippen molar-refractivity contribution >= 4 is 51.8 Å². The summed E-state index contributed by atoms with van der Waals surface area (Å²) >= 11 is 3.06. The van der Waals surface area contributed by atoms with E-state index in [1.54, 1.807) is 35.7 Å². The highest BCUT2D eigenvalue weighted by molar-refractivity contribution is 8.19. The number of thioether (sulfide) groups is 2. The van der Waals surface area contributed by atoms with Gasteiger partial charge in [-0.25, -0.2) is 4.99 Å². The van der Waals surface area contributed by atoms with Gasteiger partial charge in [0.2, 0.25) is 0 Å². The molecule has 4 rings (SSSR count). The quantitative estimate of drug-likeness (QED) is 0.446. The number of carbonyl (C=O) groups is 2. The molecule has 0 bridgehead atoms. The molecule has 0 N–H and O–H groups in total. The summed E-state index contributed by atoms with van der Waals surface area (Å²) in [7, 11) is 2.00. The lowest BCUT2D eigenvalue weighted by Crippen LogP contribution is -2.30. The molecule has 0 unspecified atom stereocenters. The van der Waals surface area contributed by atoms with E-state index in [4.69, 9.17) is 4.99 Å². The van der Waals surface area contributed by atoms with Crippen LogP contribution in [-0.4, -0.2) is 35.4 Å². The zero-order valence-corrected chi connectivity index (χ0v) is 18.8. The van der Waals surface area contributed by atoms with E-state index in [1.165, 1.54) is 11.8 Å². The van der Waals surface area contributed by atoms with Gasteiger partial charge in [-0.05, 0) is 61.5 Å². The standard InChI is InChI=1S/C23H23N3O2S2/c1-4-5-14-26-21(28)20(22-25(3)18-8-6-7-9-19(18)29-22)30-23(26)24-17-12-10-16(11-13-17)15(2)27/h6-13H,4-5,14H2,1-3H3/b22-20-,24-23?. The van der Waals surface area contributed by atoms with Crippen molar-refractivity contribution in [2.75, 3.05) is 18.5 Å². The van der Waals surface area contributed by atoms with Crippen molar-refractivity contribution in [3.05, 3.63) is 64.0 Å². The molecule has 2 heterocycles. The van der Waals surface area contributed by atoms with Crippen LogP contribution in [0.3, 0.4) is 0 Å². The van der Waals surface area contributed by atoms with Crippen molar-refractivity contribution in [2.24, 2.45) is 4.99 Å². The van der Waals surface area contributed by atoms with Crippen molar-refractivity contribution in [3.8, 4) is 0 Å². The lowest BCUT2D eigenvalue weighted by atomic mass is 10.1. The minimum atomic E-state index is 0.00899. The van der Waals surface area contributed by atoms with Crippen LogP contribution in [0, 0.1) is 0 Å². The van der Waals surface area contributed by atoms with Crippen LogP contribution < -0.4 is 4.90 Å². The Hall–Kier alpha value is -2.51. The Morgan fingerprint density at radius 3 is 2.47 bits per heavy atom. The van der Waals surface area contributed by atoms with Gasteiger partial charge in [0.15, 0.2) is 11.0 Å². The Morgan fingerprint density at radius 1 is 1.07 bits per heavy atom. The number of aliphatic imine (C=N–C) groups is 1. The first-order valence-electron chi connectivity index (χ1n) is 9.94. The number of hydrogen-bond acceptors (Lipinski definition) is 6. The number of benzene rings is 2. The summed E-state index contributed by atoms with van der Waals surface area (Å²) in [5, 5.41) is 1.64. The Labute approximate surface area is 185 Å². The highest BCUT2D eigenvalue weighted by Crippen LogP contribution is 2.50. The zero-order chi connectivity index (χ0) is 21.3. The Bertz CT molecular complexity index is 1060. The molecule has 5 nitrogen and oxygen atoms in total. The summed E-state index contributed by atoms with van der Waals surface area (Å²) in [4.78, 5) is 35.3. The van der Waals surface area contributed by atoms with E-state index < -0.39 is 0 Å². The number of amides is 1. The van der Waals surface area contributed by atoms with E-state index in [0.29, 0.717) is 22.2 Å². The molecular weight excluding hydrogens is 414 g/mol. The molecule has 2 aromatic rings. The zero-order valence-electron chi connectivity index (χ0n) is 17.2. The summed E-state index contributed by atoms with van der Waals surface area (Å²) in [5.74, 6) is 0.0341. The lowest BCUT2D eigenvalue weighted by molar-refractivity contribution is -0.122. The Morgan fingerprint density at radius 2 is 1.80 bits per heavy atom. The molecule has 7 heteroatoms. The molecule has 1 amide bonds. The smallest absolute Gasteiger partial charge is 0.269 e. The molecule has 30 heavy (non-hydrogen) atoms. The normalized spacial score (nSPS) is 19.7. The molecule has 2 aliphatic rings. The number of Topliss-reactive ketones (excluding diaryl/α,β-unsaturated/α-hetero) is 1. The molecule has 0 aromatic heterocycles. The molecule has 1 saturated heterocycles. The van der Waals surface area contributed by atoms with Crippen molar-refractivity contribution in [3.63, 3.8) is 0 Å². The van der Waals surface area contributed by atoms with Gasteiger partial charge < -0.3 is 4.90 Å². The fourth-order valence-electron chi connectivity index (χ4n) is 3.31. The predicted octanol–water partition coefficient (Wildman–Crippen LogP) is 5.66. The first kappa shape index (κ1) is 20.8. The second-order valence-corrected chi connectivity index (χ2v) is 9.18. The molecule has 0 radical (unpaired) electrons. The number of para-hydroxylation sites is 1. The molecule has 2 aliphatic heterocycles. The van der Waals surface area contributed by atoms with Gasteiger partial charge in [0.1, 0.15) is 4.91 Å². The van der Waals surface area contributed by atoms with Gasteiger partial charge >= 0.3 is 0 Å². The van der Waals surface area contributed by atoms with Crippen molar-refractivity contribution in [2.45, 2.75) is 31.6 Å². The Kier molecular flexibility index (Phi) is 6.01. The van der Waals surface area contributed by atoms with Crippen LogP contribution in [0.2, 0.25) is 0 Å². The van der Waals surface area contributed by atoms with Gasteiger partial charge in [-0.15, -0.1) is 0 Å². The number of ketones is 1. The van der Waals surface area contributed by atoms with Crippen LogP contribution in [0.5, 0.6) is 0 Å². The van der Waals surface area contributed by atoms with Gasteiger partial charge in [0, 0.05) is 24.1 Å². The van der Waals surface area contributed by atoms with Gasteiger partial charge in [0.05, 0.1) is 16.4 Å². The largest absolute Gasteiger partial charge is 0.337 e. The number of unbranched alkanes of at least 4 members (excludes halogenated alkanes) is 1. The van der Waals surface area contributed by atoms with Gasteiger partial charge in [-0.3, -0.25) is 14.5 Å². The third-order valence-corrected chi connectivity index (χ3v) is 7.46. The van der Waals surface area contributed by atoms with Gasteiger partial charge in [-0.1, -0.05) is 37.2 Å². The number of nitrogens with zero attached hydrogens (tertiary/aromatic N) is 3. The molecule has 154 valence electrons. The molecular formula is C23H23N3O2S2. The maximum atomic E-state index is 13.3. The molecule has 0 atom stereocenters. The number of hydrogen-bond donors (Lipinski definition) is 0. The highest BCUT2D eigenvalue weighted by Gasteiger charge is 2.38. The van der Waals surface area contributed by atoms with Crippen molar-refractivity contribution in [1.82, 2.24) is 4.90 Å². The van der Waals surface area contributed by atoms with Crippen molar-refractivity contribution in [1.29, 1.82) is 0 Å². The molecule has 0 spiro atoms. The van der Waals surface area contributed by atoms with Crippen LogP contribution in [-0.2, 0) is 4.79 Å². The topological polar surface area (TPSA) is 53.0 Å². The SMILES string of the molecule is CCCCN1C(=O)/C(=C2/Sc3ccccc3N2C)SC1=Nc1ccc(C(C)=O)cc1. The van der Waals surface area contributed by atoms with Crippen molar-refractivity contribution < 1.29 is 9.59 Å². The van der Waals surface area contributed by atoms with Crippen LogP contribution >= 0.6 is 23.5 Å². The molecule has 0 aliphatic carbocycles. The molecule has 1 fully saturated rings. The van der Waals surface area contributed by atoms with Gasteiger partial charge in [0.25, 0.3) is 5.91 Å². The first-order valence-corrected chi connectivity index (χ1v) is 11.6. The van der Waals surface area contributed by atoms with Crippen LogP contribution in [0.15, 0.2) is 68.4 Å². The number of amidine groups is 1. The summed E-state index contributed by atoms with van der Waals surface area (Å²) in [6, 6.07) is 15.4. The van der Waals surface area contributed by atoms with E-state index in [2.05, 4.69) is 24.0 Å². The Balaban J connectivity index is 1.69. The fourth-order valence-corrected chi connectivity index (χ4v) is 5.68. The highest BCUT2D eigenvalue weighted by atomic mass is 32.2. The summed E-state index contributed by atoms with van der Waals surface area (Å²) < 4.78 is 0. The second kappa shape index (κ2) is 8.70. The van der Waals surface area contributed by atoms with E-state index in [0.717, 1.165) is 34.1 Å². The van der Waals surface area contributed by atoms with Crippen LogP contribution in [0.1, 0.15) is 37.0 Å². The van der Waals surface area contributed by atoms with Gasteiger partial charge in [-0.2, -0.15) is 0 Å². The minimum absolute atomic E-state index is 0.00899. The van der Waals surface area contributed by atoms with E-state index in [1.807, 2.05) is 31.3 Å². The number of rotatable bonds is 5. The third kappa shape index (κ3) is 3.91. The average Bonchev–Trinajstić information content (AvgIpc) is 3.23. The maximum Gasteiger partial charge on any atom is 0.269 e. The predicted molar refractivity (Wildman–Crippen MR) is 125 cm³/mol. The average molecular weight is 438 g/mol. The minimum Gasteiger partial charge on any atom is -0.337 e. The summed E-state index contributed by atoms with van der Waals surface area (Å²) in [6.07, 6.45) is 1.92. The van der Waals surface area contributed by atoms with E-state index in [9.17, 15) is 9.59 Å². The monoisotopic (exact) mass is 437 g/mol. The lowest BCUT2D eigenvalue weighted by Gasteiger charge is -2.16. The summed E-state index contributed by atoms with van der Waals surface area (Å²) in [6.45, 7) is 4.30.